The third-order valence-electron chi connectivity index (χ3n) is 2.86. The Hall–Kier alpha value is -2.36. The first-order valence-electron chi connectivity index (χ1n) is 5.92. The van der Waals surface area contributed by atoms with Crippen LogP contribution in [0.15, 0.2) is 48.5 Å². The summed E-state index contributed by atoms with van der Waals surface area (Å²) in [6.07, 6.45) is 0. The van der Waals surface area contributed by atoms with E-state index in [-0.39, 0.29) is 17.2 Å². The van der Waals surface area contributed by atoms with Gasteiger partial charge in [-0.3, -0.25) is 4.79 Å². The van der Waals surface area contributed by atoms with Crippen LogP contribution in [0.2, 0.25) is 0 Å². The van der Waals surface area contributed by atoms with Crippen LogP contribution in [0.25, 0.3) is 0 Å². The van der Waals surface area contributed by atoms with Crippen molar-refractivity contribution < 1.29 is 9.18 Å². The molecular weight excluding hydrogens is 243 g/mol. The van der Waals surface area contributed by atoms with Gasteiger partial charge in [-0.05, 0) is 23.8 Å². The van der Waals surface area contributed by atoms with Gasteiger partial charge in [0.2, 0.25) is 0 Å². The van der Waals surface area contributed by atoms with Crippen LogP contribution in [0, 0.1) is 5.82 Å². The van der Waals surface area contributed by atoms with E-state index in [4.69, 9.17) is 5.73 Å². The molecule has 0 aliphatic rings. The zero-order chi connectivity index (χ0) is 13.8. The Morgan fingerprint density at radius 2 is 1.89 bits per heavy atom. The molecule has 2 rings (SSSR count). The van der Waals surface area contributed by atoms with E-state index in [0.29, 0.717) is 6.54 Å². The second-order valence-electron chi connectivity index (χ2n) is 4.38. The minimum Gasteiger partial charge on any atom is -0.398 e. The Morgan fingerprint density at radius 1 is 1.21 bits per heavy atom. The molecule has 19 heavy (non-hydrogen) atoms. The van der Waals surface area contributed by atoms with E-state index in [2.05, 4.69) is 0 Å². The monoisotopic (exact) mass is 258 g/mol. The Bertz CT molecular complexity index is 584. The van der Waals surface area contributed by atoms with Gasteiger partial charge in [0.15, 0.2) is 0 Å². The van der Waals surface area contributed by atoms with Gasteiger partial charge in [0.05, 0.1) is 5.56 Å². The first kappa shape index (κ1) is 13.1. The summed E-state index contributed by atoms with van der Waals surface area (Å²) in [5.74, 6) is -0.758. The molecule has 2 N–H and O–H groups in total. The van der Waals surface area contributed by atoms with Gasteiger partial charge < -0.3 is 10.6 Å². The molecule has 0 unspecified atom stereocenters. The third-order valence-corrected chi connectivity index (χ3v) is 2.86. The summed E-state index contributed by atoms with van der Waals surface area (Å²) in [6, 6.07) is 13.4. The lowest BCUT2D eigenvalue weighted by Gasteiger charge is -2.18. The molecule has 1 amide bonds. The van der Waals surface area contributed by atoms with Crippen LogP contribution in [0.5, 0.6) is 0 Å². The van der Waals surface area contributed by atoms with Gasteiger partial charge in [0.25, 0.3) is 5.91 Å². The SMILES string of the molecule is CN(Cc1ccccc1)C(=O)c1cc(F)ccc1N. The Kier molecular flexibility index (Phi) is 3.80. The highest BCUT2D eigenvalue weighted by Crippen LogP contribution is 2.16. The maximum Gasteiger partial charge on any atom is 0.256 e. The van der Waals surface area contributed by atoms with Gasteiger partial charge in [-0.25, -0.2) is 4.39 Å². The zero-order valence-electron chi connectivity index (χ0n) is 10.6. The topological polar surface area (TPSA) is 46.3 Å². The second-order valence-corrected chi connectivity index (χ2v) is 4.38. The highest BCUT2D eigenvalue weighted by Gasteiger charge is 2.15. The van der Waals surface area contributed by atoms with Gasteiger partial charge in [-0.1, -0.05) is 30.3 Å². The molecule has 4 heteroatoms. The number of amides is 1. The highest BCUT2D eigenvalue weighted by atomic mass is 19.1. The molecule has 0 spiro atoms. The van der Waals surface area contributed by atoms with Crippen LogP contribution in [-0.4, -0.2) is 17.9 Å². The molecule has 2 aromatic rings. The average molecular weight is 258 g/mol. The van der Waals surface area contributed by atoms with Crippen molar-refractivity contribution in [1.82, 2.24) is 4.90 Å². The summed E-state index contributed by atoms with van der Waals surface area (Å²) in [7, 11) is 1.67. The number of carbonyl (C=O) groups excluding carboxylic acids is 1. The first-order valence-corrected chi connectivity index (χ1v) is 5.92. The van der Waals surface area contributed by atoms with E-state index in [1.807, 2.05) is 30.3 Å². The summed E-state index contributed by atoms with van der Waals surface area (Å²) >= 11 is 0. The maximum atomic E-state index is 13.2. The van der Waals surface area contributed by atoms with Gasteiger partial charge in [-0.15, -0.1) is 0 Å². The standard InChI is InChI=1S/C15H15FN2O/c1-18(10-11-5-3-2-4-6-11)15(19)13-9-12(16)7-8-14(13)17/h2-9H,10,17H2,1H3. The molecule has 0 radical (unpaired) electrons. The van der Waals surface area contributed by atoms with Crippen molar-refractivity contribution in [2.24, 2.45) is 0 Å². The zero-order valence-corrected chi connectivity index (χ0v) is 10.6. The van der Waals surface area contributed by atoms with Crippen LogP contribution < -0.4 is 5.73 Å². The van der Waals surface area contributed by atoms with E-state index in [1.165, 1.54) is 23.1 Å². The first-order chi connectivity index (χ1) is 9.08. The molecule has 0 aliphatic heterocycles. The summed E-state index contributed by atoms with van der Waals surface area (Å²) in [4.78, 5) is 13.7. The number of hydrogen-bond acceptors (Lipinski definition) is 2. The molecule has 0 heterocycles. The lowest BCUT2D eigenvalue weighted by atomic mass is 10.1. The minimum absolute atomic E-state index is 0.193. The molecule has 0 saturated carbocycles. The number of benzene rings is 2. The van der Waals surface area contributed by atoms with E-state index < -0.39 is 5.82 Å². The number of nitrogen functional groups attached to an aromatic ring is 1. The van der Waals surface area contributed by atoms with Crippen molar-refractivity contribution in [2.75, 3.05) is 12.8 Å². The molecule has 0 fully saturated rings. The lowest BCUT2D eigenvalue weighted by molar-refractivity contribution is 0.0785. The highest BCUT2D eigenvalue weighted by molar-refractivity contribution is 5.98. The largest absolute Gasteiger partial charge is 0.398 e. The van der Waals surface area contributed by atoms with Crippen LogP contribution in [-0.2, 0) is 6.54 Å². The Balaban J connectivity index is 2.17. The number of rotatable bonds is 3. The van der Waals surface area contributed by atoms with E-state index in [1.54, 1.807) is 7.05 Å². The number of nitrogens with two attached hydrogens (primary N) is 1. The lowest BCUT2D eigenvalue weighted by Crippen LogP contribution is -2.27. The van der Waals surface area contributed by atoms with Crippen molar-refractivity contribution in [2.45, 2.75) is 6.54 Å². The van der Waals surface area contributed by atoms with Gasteiger partial charge in [0.1, 0.15) is 5.82 Å². The smallest absolute Gasteiger partial charge is 0.256 e. The van der Waals surface area contributed by atoms with Crippen LogP contribution in [0.1, 0.15) is 15.9 Å². The Labute approximate surface area is 111 Å². The van der Waals surface area contributed by atoms with Gasteiger partial charge >= 0.3 is 0 Å². The molecule has 0 aliphatic carbocycles. The number of halogens is 1. The second kappa shape index (κ2) is 5.52. The molecule has 3 nitrogen and oxygen atoms in total. The van der Waals surface area contributed by atoms with Crippen molar-refractivity contribution >= 4 is 11.6 Å². The minimum atomic E-state index is -0.467. The number of nitrogens with zero attached hydrogens (tertiary/aromatic N) is 1. The van der Waals surface area contributed by atoms with Crippen LogP contribution >= 0.6 is 0 Å². The van der Waals surface area contributed by atoms with Crippen molar-refractivity contribution in [3.63, 3.8) is 0 Å². The summed E-state index contributed by atoms with van der Waals surface area (Å²) in [5.41, 5.74) is 7.19. The normalized spacial score (nSPS) is 10.2. The van der Waals surface area contributed by atoms with Gasteiger partial charge in [0, 0.05) is 19.3 Å². The van der Waals surface area contributed by atoms with Crippen LogP contribution in [0.3, 0.4) is 0 Å². The fraction of sp³-hybridized carbons (Fsp3) is 0.133. The fourth-order valence-electron chi connectivity index (χ4n) is 1.85. The van der Waals surface area contributed by atoms with Crippen molar-refractivity contribution in [3.05, 3.63) is 65.5 Å². The Morgan fingerprint density at radius 3 is 2.58 bits per heavy atom. The quantitative estimate of drug-likeness (QED) is 0.860. The number of carbonyl (C=O) groups is 1. The molecular formula is C15H15FN2O. The fourth-order valence-corrected chi connectivity index (χ4v) is 1.85. The molecule has 0 bridgehead atoms. The van der Waals surface area contributed by atoms with E-state index in [0.717, 1.165) is 5.56 Å². The molecule has 0 aromatic heterocycles. The average Bonchev–Trinajstić information content (AvgIpc) is 2.42. The summed E-state index contributed by atoms with van der Waals surface area (Å²) < 4.78 is 13.2. The molecule has 98 valence electrons. The summed E-state index contributed by atoms with van der Waals surface area (Å²) in [5, 5.41) is 0. The molecule has 2 aromatic carbocycles. The maximum absolute atomic E-state index is 13.2. The predicted octanol–water partition coefficient (Wildman–Crippen LogP) is 2.68. The number of hydrogen-bond donors (Lipinski definition) is 1. The van der Waals surface area contributed by atoms with Crippen LogP contribution in [0.4, 0.5) is 10.1 Å². The molecule has 0 atom stereocenters. The van der Waals surface area contributed by atoms with Gasteiger partial charge in [-0.2, -0.15) is 0 Å². The van der Waals surface area contributed by atoms with E-state index >= 15 is 0 Å². The predicted molar refractivity (Wildman–Crippen MR) is 73.1 cm³/mol. The van der Waals surface area contributed by atoms with E-state index in [9.17, 15) is 9.18 Å². The third kappa shape index (κ3) is 3.10. The summed E-state index contributed by atoms with van der Waals surface area (Å²) in [6.45, 7) is 0.454. The van der Waals surface area contributed by atoms with Crippen molar-refractivity contribution in [3.8, 4) is 0 Å². The van der Waals surface area contributed by atoms with Crippen molar-refractivity contribution in [1.29, 1.82) is 0 Å². The number of anilines is 1. The molecule has 0 saturated heterocycles.